The molecule has 0 aliphatic carbocycles. The smallest absolute Gasteiger partial charge is 0.316 e. The van der Waals surface area contributed by atoms with Crippen LogP contribution < -0.4 is 16.5 Å². The molecule has 0 radical (unpaired) electrons. The van der Waals surface area contributed by atoms with E-state index >= 15 is 0 Å². The van der Waals surface area contributed by atoms with E-state index in [9.17, 15) is 9.59 Å². The van der Waals surface area contributed by atoms with Gasteiger partial charge < -0.3 is 11.1 Å². The van der Waals surface area contributed by atoms with Crippen molar-refractivity contribution in [2.75, 3.05) is 19.4 Å². The number of hydrazine groups is 1. The lowest BCUT2D eigenvalue weighted by Crippen LogP contribution is -2.36. The van der Waals surface area contributed by atoms with Gasteiger partial charge in [-0.05, 0) is 18.2 Å². The maximum atomic E-state index is 11.6. The van der Waals surface area contributed by atoms with Crippen LogP contribution in [0.15, 0.2) is 24.3 Å². The maximum Gasteiger partial charge on any atom is 0.316 e. The molecule has 0 aromatic heterocycles. The summed E-state index contributed by atoms with van der Waals surface area (Å²) in [4.78, 5) is 22.2. The molecule has 4 N–H and O–H groups in total. The number of benzene rings is 1. The zero-order valence-corrected chi connectivity index (χ0v) is 9.15. The summed E-state index contributed by atoms with van der Waals surface area (Å²) in [6.45, 7) is 0. The molecule has 86 valence electrons. The number of urea groups is 1. The minimum atomic E-state index is -0.662. The molecule has 0 aliphatic heterocycles. The van der Waals surface area contributed by atoms with Crippen molar-refractivity contribution in [3.63, 3.8) is 0 Å². The molecule has 0 spiro atoms. The van der Waals surface area contributed by atoms with E-state index in [2.05, 4.69) is 10.7 Å². The number of nitrogens with zero attached hydrogens (tertiary/aromatic N) is 1. The van der Waals surface area contributed by atoms with E-state index in [1.807, 2.05) is 0 Å². The van der Waals surface area contributed by atoms with Gasteiger partial charge in [-0.15, -0.1) is 0 Å². The van der Waals surface area contributed by atoms with Crippen LogP contribution in [0, 0.1) is 0 Å². The van der Waals surface area contributed by atoms with Crippen LogP contribution in [0.5, 0.6) is 0 Å². The Labute approximate surface area is 93.4 Å². The van der Waals surface area contributed by atoms with Gasteiger partial charge in [-0.2, -0.15) is 0 Å². The average molecular weight is 222 g/mol. The van der Waals surface area contributed by atoms with E-state index in [4.69, 9.17) is 5.73 Å². The zero-order valence-electron chi connectivity index (χ0n) is 9.15. The van der Waals surface area contributed by atoms with Gasteiger partial charge in [0.15, 0.2) is 0 Å². The molecule has 3 amide bonds. The van der Waals surface area contributed by atoms with E-state index in [0.29, 0.717) is 11.3 Å². The number of primary amides is 1. The number of hydrogen-bond acceptors (Lipinski definition) is 3. The summed E-state index contributed by atoms with van der Waals surface area (Å²) in [6, 6.07) is 5.84. The lowest BCUT2D eigenvalue weighted by Gasteiger charge is -2.12. The molecule has 6 heteroatoms. The minimum absolute atomic E-state index is 0.252. The monoisotopic (exact) mass is 222 g/mol. The van der Waals surface area contributed by atoms with E-state index in [1.54, 1.807) is 38.4 Å². The molecule has 1 rings (SSSR count). The Balaban J connectivity index is 2.81. The predicted octanol–water partition coefficient (Wildman–Crippen LogP) is 0.384. The van der Waals surface area contributed by atoms with Crippen LogP contribution in [0.3, 0.4) is 0 Å². The van der Waals surface area contributed by atoms with Crippen molar-refractivity contribution >= 4 is 17.6 Å². The Hall–Kier alpha value is -2.08. The largest absolute Gasteiger partial charge is 0.351 e. The summed E-state index contributed by atoms with van der Waals surface area (Å²) in [7, 11) is 3.42. The molecule has 0 fully saturated rings. The van der Waals surface area contributed by atoms with Gasteiger partial charge in [0.2, 0.25) is 0 Å². The molecular weight excluding hydrogens is 208 g/mol. The molecule has 0 aliphatic rings. The minimum Gasteiger partial charge on any atom is -0.351 e. The van der Waals surface area contributed by atoms with Gasteiger partial charge in [0.1, 0.15) is 0 Å². The molecule has 6 nitrogen and oxygen atoms in total. The van der Waals surface area contributed by atoms with Gasteiger partial charge in [-0.3, -0.25) is 10.2 Å². The van der Waals surface area contributed by atoms with Crippen molar-refractivity contribution in [2.45, 2.75) is 0 Å². The number of anilines is 1. The van der Waals surface area contributed by atoms with Gasteiger partial charge in [-0.25, -0.2) is 9.80 Å². The Kier molecular flexibility index (Phi) is 3.84. The van der Waals surface area contributed by atoms with Crippen molar-refractivity contribution in [3.8, 4) is 0 Å². The number of carbonyl (C=O) groups is 2. The average Bonchev–Trinajstić information content (AvgIpc) is 2.16. The number of amides is 3. The van der Waals surface area contributed by atoms with Gasteiger partial charge >= 0.3 is 6.03 Å². The van der Waals surface area contributed by atoms with Gasteiger partial charge in [0.25, 0.3) is 5.91 Å². The third kappa shape index (κ3) is 3.58. The Morgan fingerprint density at radius 3 is 2.56 bits per heavy atom. The topological polar surface area (TPSA) is 87.5 Å². The summed E-state index contributed by atoms with van der Waals surface area (Å²) >= 11 is 0. The van der Waals surface area contributed by atoms with E-state index < -0.39 is 6.03 Å². The Morgan fingerprint density at radius 2 is 2.00 bits per heavy atom. The molecule has 16 heavy (non-hydrogen) atoms. The summed E-state index contributed by atoms with van der Waals surface area (Å²) in [5.41, 5.74) is 8.49. The number of nitrogens with two attached hydrogens (primary N) is 1. The fraction of sp³-hybridized carbons (Fsp3) is 0.200. The van der Waals surface area contributed by atoms with Crippen molar-refractivity contribution in [1.82, 2.24) is 10.4 Å². The van der Waals surface area contributed by atoms with Crippen LogP contribution in [0.2, 0.25) is 0 Å². The van der Waals surface area contributed by atoms with Crippen LogP contribution in [0.1, 0.15) is 10.4 Å². The highest BCUT2D eigenvalue weighted by molar-refractivity contribution is 5.96. The Bertz CT molecular complexity index is 404. The van der Waals surface area contributed by atoms with E-state index in [0.717, 1.165) is 0 Å². The highest BCUT2D eigenvalue weighted by Crippen LogP contribution is 2.10. The van der Waals surface area contributed by atoms with Gasteiger partial charge in [0, 0.05) is 25.3 Å². The number of nitrogens with one attached hydrogen (secondary N) is 2. The normalized spacial score (nSPS) is 9.94. The second-order valence-electron chi connectivity index (χ2n) is 3.41. The second kappa shape index (κ2) is 5.13. The highest BCUT2D eigenvalue weighted by Gasteiger charge is 2.06. The zero-order chi connectivity index (χ0) is 12.1. The summed E-state index contributed by atoms with van der Waals surface area (Å²) in [5, 5.41) is 3.94. The number of hydrogen-bond donors (Lipinski definition) is 3. The fourth-order valence-electron chi connectivity index (χ4n) is 1.15. The van der Waals surface area contributed by atoms with E-state index in [1.165, 1.54) is 5.01 Å². The number of carbonyl (C=O) groups excluding carboxylic acids is 2. The molecule has 0 unspecified atom stereocenters. The SMILES string of the molecule is CN(C)NC(=O)c1cccc(NC(N)=O)c1. The highest BCUT2D eigenvalue weighted by atomic mass is 16.2. The molecule has 0 atom stereocenters. The lowest BCUT2D eigenvalue weighted by molar-refractivity contribution is 0.0857. The quantitative estimate of drug-likeness (QED) is 0.646. The van der Waals surface area contributed by atoms with Gasteiger partial charge in [-0.1, -0.05) is 6.07 Å². The molecule has 0 saturated carbocycles. The molecule has 0 bridgehead atoms. The van der Waals surface area contributed by atoms with Crippen LogP contribution in [0.4, 0.5) is 10.5 Å². The number of rotatable bonds is 3. The first-order chi connectivity index (χ1) is 7.49. The van der Waals surface area contributed by atoms with Crippen molar-refractivity contribution in [1.29, 1.82) is 0 Å². The van der Waals surface area contributed by atoms with Crippen LogP contribution in [-0.4, -0.2) is 31.0 Å². The van der Waals surface area contributed by atoms with Crippen molar-refractivity contribution in [3.05, 3.63) is 29.8 Å². The van der Waals surface area contributed by atoms with Gasteiger partial charge in [0.05, 0.1) is 0 Å². The first-order valence-corrected chi connectivity index (χ1v) is 4.64. The fourth-order valence-corrected chi connectivity index (χ4v) is 1.15. The third-order valence-electron chi connectivity index (χ3n) is 1.72. The van der Waals surface area contributed by atoms with Crippen molar-refractivity contribution < 1.29 is 9.59 Å². The summed E-state index contributed by atoms with van der Waals surface area (Å²) in [6.07, 6.45) is 0. The standard InChI is InChI=1S/C10H14N4O2/c1-14(2)13-9(15)7-4-3-5-8(6-7)12-10(11)16/h3-6H,1-2H3,(H,13,15)(H3,11,12,16). The van der Waals surface area contributed by atoms with E-state index in [-0.39, 0.29) is 5.91 Å². The lowest BCUT2D eigenvalue weighted by atomic mass is 10.2. The summed E-state index contributed by atoms with van der Waals surface area (Å²) < 4.78 is 0. The second-order valence-corrected chi connectivity index (χ2v) is 3.41. The molecular formula is C10H14N4O2. The first kappa shape index (κ1) is 12.0. The predicted molar refractivity (Wildman–Crippen MR) is 60.8 cm³/mol. The third-order valence-corrected chi connectivity index (χ3v) is 1.72. The molecule has 0 heterocycles. The Morgan fingerprint density at radius 1 is 1.31 bits per heavy atom. The molecule has 0 saturated heterocycles. The maximum absolute atomic E-state index is 11.6. The van der Waals surface area contributed by atoms with Crippen molar-refractivity contribution in [2.24, 2.45) is 5.73 Å². The molecule has 1 aromatic carbocycles. The van der Waals surface area contributed by atoms with Crippen LogP contribution >= 0.6 is 0 Å². The van der Waals surface area contributed by atoms with Crippen LogP contribution in [-0.2, 0) is 0 Å². The first-order valence-electron chi connectivity index (χ1n) is 4.64. The van der Waals surface area contributed by atoms with Crippen LogP contribution in [0.25, 0.3) is 0 Å². The summed E-state index contributed by atoms with van der Waals surface area (Å²) in [5.74, 6) is -0.252. The molecule has 1 aromatic rings.